The van der Waals surface area contributed by atoms with Crippen LogP contribution in [0.4, 0.5) is 0 Å². The van der Waals surface area contributed by atoms with Gasteiger partial charge in [0.25, 0.3) is 0 Å². The number of carbonyl (C=O) groups is 1. The summed E-state index contributed by atoms with van der Waals surface area (Å²) in [6.07, 6.45) is 10.1. The Bertz CT molecular complexity index is 628. The van der Waals surface area contributed by atoms with Crippen molar-refractivity contribution in [1.82, 2.24) is 4.90 Å². The number of benzene rings is 1. The van der Waals surface area contributed by atoms with Crippen LogP contribution in [0.5, 0.6) is 0 Å². The third-order valence-corrected chi connectivity index (χ3v) is 7.55. The molecule has 1 aliphatic heterocycles. The Morgan fingerprint density at radius 2 is 1.67 bits per heavy atom. The van der Waals surface area contributed by atoms with Crippen LogP contribution < -0.4 is 0 Å². The highest BCUT2D eigenvalue weighted by Gasteiger charge is 2.56. The van der Waals surface area contributed by atoms with Gasteiger partial charge in [0.2, 0.25) is 5.91 Å². The summed E-state index contributed by atoms with van der Waals surface area (Å²) in [4.78, 5) is 16.0. The van der Waals surface area contributed by atoms with E-state index in [0.29, 0.717) is 11.9 Å². The monoisotopic (exact) mass is 323 g/mol. The van der Waals surface area contributed by atoms with Gasteiger partial charge in [-0.15, -0.1) is 0 Å². The summed E-state index contributed by atoms with van der Waals surface area (Å²) in [6.45, 7) is 3.17. The molecule has 1 aromatic carbocycles. The molecule has 128 valence electrons. The summed E-state index contributed by atoms with van der Waals surface area (Å²) in [6, 6.07) is 9.01. The first-order valence-corrected chi connectivity index (χ1v) is 10.0. The van der Waals surface area contributed by atoms with Crippen molar-refractivity contribution in [2.75, 3.05) is 6.54 Å². The SMILES string of the molecule is Cc1ccccc1[C@@H]1CCCN1C(=O)C12CC3CC(CC(C3)C1)C2. The fourth-order valence-electron chi connectivity index (χ4n) is 6.97. The molecule has 4 bridgehead atoms. The van der Waals surface area contributed by atoms with E-state index in [2.05, 4.69) is 36.1 Å². The number of aryl methyl sites for hydroxylation is 1. The zero-order chi connectivity index (χ0) is 16.3. The predicted octanol–water partition coefficient (Wildman–Crippen LogP) is 4.87. The third kappa shape index (κ3) is 2.18. The lowest BCUT2D eigenvalue weighted by Gasteiger charge is -2.56. The number of likely N-dealkylation sites (tertiary alicyclic amines) is 1. The zero-order valence-corrected chi connectivity index (χ0v) is 14.8. The molecule has 5 fully saturated rings. The first-order chi connectivity index (χ1) is 11.6. The minimum Gasteiger partial charge on any atom is -0.335 e. The van der Waals surface area contributed by atoms with Crippen molar-refractivity contribution in [1.29, 1.82) is 0 Å². The lowest BCUT2D eigenvalue weighted by Crippen LogP contribution is -2.54. The van der Waals surface area contributed by atoms with Gasteiger partial charge in [0.05, 0.1) is 11.5 Å². The normalized spacial score (nSPS) is 40.3. The van der Waals surface area contributed by atoms with Crippen LogP contribution in [-0.4, -0.2) is 17.4 Å². The van der Waals surface area contributed by atoms with E-state index in [0.717, 1.165) is 37.1 Å². The average molecular weight is 323 g/mol. The molecular formula is C22H29NO. The van der Waals surface area contributed by atoms with Crippen LogP contribution in [0.2, 0.25) is 0 Å². The third-order valence-electron chi connectivity index (χ3n) is 7.55. The van der Waals surface area contributed by atoms with Crippen molar-refractivity contribution in [3.63, 3.8) is 0 Å². The summed E-state index contributed by atoms with van der Waals surface area (Å²) in [5.74, 6) is 3.06. The van der Waals surface area contributed by atoms with Crippen molar-refractivity contribution >= 4 is 5.91 Å². The number of carbonyl (C=O) groups excluding carboxylic acids is 1. The van der Waals surface area contributed by atoms with Crippen LogP contribution in [0, 0.1) is 30.1 Å². The van der Waals surface area contributed by atoms with Crippen molar-refractivity contribution < 1.29 is 4.79 Å². The van der Waals surface area contributed by atoms with Crippen molar-refractivity contribution in [2.24, 2.45) is 23.2 Å². The fraction of sp³-hybridized carbons (Fsp3) is 0.682. The maximum Gasteiger partial charge on any atom is 0.229 e. The van der Waals surface area contributed by atoms with Gasteiger partial charge in [0, 0.05) is 6.54 Å². The van der Waals surface area contributed by atoms with E-state index >= 15 is 0 Å². The highest BCUT2D eigenvalue weighted by molar-refractivity contribution is 5.84. The van der Waals surface area contributed by atoms with Gasteiger partial charge in [-0.1, -0.05) is 24.3 Å². The number of rotatable bonds is 2. The summed E-state index contributed by atoms with van der Waals surface area (Å²) in [5.41, 5.74) is 2.74. The quantitative estimate of drug-likeness (QED) is 0.760. The Balaban J connectivity index is 1.45. The van der Waals surface area contributed by atoms with E-state index in [1.165, 1.54) is 49.7 Å². The maximum atomic E-state index is 13.7. The molecule has 2 heteroatoms. The fourth-order valence-corrected chi connectivity index (χ4v) is 6.97. The van der Waals surface area contributed by atoms with Crippen molar-refractivity contribution in [3.05, 3.63) is 35.4 Å². The number of hydrogen-bond donors (Lipinski definition) is 0. The van der Waals surface area contributed by atoms with Crippen molar-refractivity contribution in [2.45, 2.75) is 64.3 Å². The van der Waals surface area contributed by atoms with Crippen LogP contribution in [0.25, 0.3) is 0 Å². The summed E-state index contributed by atoms with van der Waals surface area (Å²) >= 11 is 0. The highest BCUT2D eigenvalue weighted by atomic mass is 16.2. The van der Waals surface area contributed by atoms with Crippen LogP contribution in [0.1, 0.15) is 68.5 Å². The predicted molar refractivity (Wildman–Crippen MR) is 95.5 cm³/mol. The standard InChI is InChI=1S/C22H29NO/c1-15-5-2-3-6-19(15)20-7-4-8-23(20)21(24)22-12-16-9-17(13-22)11-18(10-16)14-22/h2-3,5-6,16-18,20H,4,7-14H2,1H3/t16?,17?,18?,20-,22?/m0/s1. The second kappa shape index (κ2) is 5.34. The molecule has 2 nitrogen and oxygen atoms in total. The number of nitrogens with zero attached hydrogens (tertiary/aromatic N) is 1. The second-order valence-electron chi connectivity index (χ2n) is 9.21. The van der Waals surface area contributed by atoms with Gasteiger partial charge < -0.3 is 4.90 Å². The highest BCUT2D eigenvalue weighted by Crippen LogP contribution is 2.61. The first-order valence-electron chi connectivity index (χ1n) is 10.0. The molecule has 4 saturated carbocycles. The molecule has 0 N–H and O–H groups in total. The molecule has 0 spiro atoms. The molecular weight excluding hydrogens is 294 g/mol. The van der Waals surface area contributed by atoms with Crippen molar-refractivity contribution in [3.8, 4) is 0 Å². The zero-order valence-electron chi connectivity index (χ0n) is 14.8. The molecule has 5 aliphatic rings. The number of hydrogen-bond acceptors (Lipinski definition) is 1. The van der Waals surface area contributed by atoms with Gasteiger partial charge in [0.1, 0.15) is 0 Å². The maximum absolute atomic E-state index is 13.7. The average Bonchev–Trinajstić information content (AvgIpc) is 3.02. The molecule has 4 aliphatic carbocycles. The second-order valence-corrected chi connectivity index (χ2v) is 9.21. The van der Waals surface area contributed by atoms with Crippen LogP contribution in [0.3, 0.4) is 0 Å². The molecule has 0 aromatic heterocycles. The molecule has 1 amide bonds. The smallest absolute Gasteiger partial charge is 0.229 e. The molecule has 1 atom stereocenters. The van der Waals surface area contributed by atoms with Gasteiger partial charge in [-0.2, -0.15) is 0 Å². The molecule has 1 aromatic rings. The number of amides is 1. The van der Waals surface area contributed by atoms with E-state index in [-0.39, 0.29) is 5.41 Å². The van der Waals surface area contributed by atoms with Gasteiger partial charge in [-0.3, -0.25) is 4.79 Å². The van der Waals surface area contributed by atoms with Gasteiger partial charge in [-0.05, 0) is 87.2 Å². The largest absolute Gasteiger partial charge is 0.335 e. The lowest BCUT2D eigenvalue weighted by molar-refractivity contribution is -0.158. The molecule has 24 heavy (non-hydrogen) atoms. The summed E-state index contributed by atoms with van der Waals surface area (Å²) in [5, 5.41) is 0. The van der Waals surface area contributed by atoms with Gasteiger partial charge >= 0.3 is 0 Å². The molecule has 1 heterocycles. The Labute approximate surface area is 145 Å². The van der Waals surface area contributed by atoms with Gasteiger partial charge in [0.15, 0.2) is 0 Å². The molecule has 6 rings (SSSR count). The van der Waals surface area contributed by atoms with Crippen LogP contribution in [-0.2, 0) is 4.79 Å². The lowest BCUT2D eigenvalue weighted by atomic mass is 9.49. The first kappa shape index (κ1) is 15.0. The van der Waals surface area contributed by atoms with E-state index in [1.54, 1.807) is 0 Å². The Morgan fingerprint density at radius 1 is 1.04 bits per heavy atom. The Morgan fingerprint density at radius 3 is 2.29 bits per heavy atom. The van der Waals surface area contributed by atoms with Crippen LogP contribution in [0.15, 0.2) is 24.3 Å². The minimum absolute atomic E-state index is 0.0139. The van der Waals surface area contributed by atoms with E-state index < -0.39 is 0 Å². The summed E-state index contributed by atoms with van der Waals surface area (Å²) < 4.78 is 0. The Hall–Kier alpha value is -1.31. The molecule has 0 unspecified atom stereocenters. The van der Waals surface area contributed by atoms with E-state index in [4.69, 9.17) is 0 Å². The minimum atomic E-state index is 0.0139. The Kier molecular flexibility index (Phi) is 3.34. The topological polar surface area (TPSA) is 20.3 Å². The van der Waals surface area contributed by atoms with E-state index in [1.807, 2.05) is 0 Å². The van der Waals surface area contributed by atoms with E-state index in [9.17, 15) is 4.79 Å². The molecule has 1 saturated heterocycles. The molecule has 0 radical (unpaired) electrons. The van der Waals surface area contributed by atoms with Gasteiger partial charge in [-0.25, -0.2) is 0 Å². The van der Waals surface area contributed by atoms with Crippen LogP contribution >= 0.6 is 0 Å². The summed E-state index contributed by atoms with van der Waals surface area (Å²) in [7, 11) is 0.